The van der Waals surface area contributed by atoms with Gasteiger partial charge in [0.05, 0.1) is 6.61 Å². The number of hydrogen-bond acceptors (Lipinski definition) is 3. The summed E-state index contributed by atoms with van der Waals surface area (Å²) < 4.78 is 0. The summed E-state index contributed by atoms with van der Waals surface area (Å²) >= 11 is 0. The van der Waals surface area contributed by atoms with Crippen molar-refractivity contribution < 1.29 is 14.7 Å². The summed E-state index contributed by atoms with van der Waals surface area (Å²) in [6.07, 6.45) is 0. The van der Waals surface area contributed by atoms with Gasteiger partial charge >= 0.3 is 6.03 Å². The highest BCUT2D eigenvalue weighted by Gasteiger charge is 2.03. The van der Waals surface area contributed by atoms with E-state index < -0.39 is 6.03 Å². The van der Waals surface area contributed by atoms with Crippen molar-refractivity contribution in [3.05, 3.63) is 35.9 Å². The fourth-order valence-electron chi connectivity index (χ4n) is 1.13. The molecule has 0 bridgehead atoms. The first-order valence-electron chi connectivity index (χ1n) is 5.52. The van der Waals surface area contributed by atoms with E-state index >= 15 is 0 Å². The molecule has 0 fully saturated rings. The summed E-state index contributed by atoms with van der Waals surface area (Å²) in [6, 6.07) is 9.14. The zero-order valence-corrected chi connectivity index (χ0v) is 9.85. The molecule has 0 aromatic heterocycles. The molecule has 5 nitrogen and oxygen atoms in total. The third kappa shape index (κ3) is 5.89. The van der Waals surface area contributed by atoms with Gasteiger partial charge in [0.15, 0.2) is 0 Å². The van der Waals surface area contributed by atoms with Crippen LogP contribution in [0.25, 0.3) is 0 Å². The molecule has 0 heterocycles. The van der Waals surface area contributed by atoms with Crippen LogP contribution < -0.4 is 10.8 Å². The Morgan fingerprint density at radius 3 is 2.76 bits per heavy atom. The third-order valence-corrected chi connectivity index (χ3v) is 2.17. The van der Waals surface area contributed by atoms with Crippen molar-refractivity contribution in [2.75, 3.05) is 13.2 Å². The minimum atomic E-state index is -0.402. The lowest BCUT2D eigenvalue weighted by molar-refractivity contribution is 0.0486. The van der Waals surface area contributed by atoms with Crippen molar-refractivity contribution in [3.8, 4) is 0 Å². The number of aliphatic hydroxyl groups is 1. The summed E-state index contributed by atoms with van der Waals surface area (Å²) in [4.78, 5) is 16.2. The Morgan fingerprint density at radius 1 is 1.41 bits per heavy atom. The maximum Gasteiger partial charge on any atom is 0.338 e. The average Bonchev–Trinajstić information content (AvgIpc) is 2.37. The van der Waals surface area contributed by atoms with Gasteiger partial charge in [0, 0.05) is 13.2 Å². The van der Waals surface area contributed by atoms with Crippen LogP contribution >= 0.6 is 0 Å². The number of urea groups is 1. The van der Waals surface area contributed by atoms with E-state index in [0.29, 0.717) is 13.2 Å². The molecule has 0 saturated carbocycles. The van der Waals surface area contributed by atoms with Crippen LogP contribution in [-0.2, 0) is 11.4 Å². The van der Waals surface area contributed by atoms with Gasteiger partial charge in [-0.3, -0.25) is 4.84 Å². The molecule has 1 aromatic carbocycles. The standard InChI is InChI=1S/C12H18N2O3/c1-10(8-15)7-13-12(16)14-17-9-11-5-3-2-4-6-11/h2-6,10,15H,7-9H2,1H3,(H2,13,14,16). The fraction of sp³-hybridized carbons (Fsp3) is 0.417. The molecule has 3 N–H and O–H groups in total. The Hall–Kier alpha value is -1.59. The number of nitrogens with one attached hydrogen (secondary N) is 2. The zero-order valence-electron chi connectivity index (χ0n) is 9.85. The number of hydrogen-bond donors (Lipinski definition) is 3. The molecule has 0 aliphatic heterocycles. The van der Waals surface area contributed by atoms with Gasteiger partial charge in [-0.15, -0.1) is 0 Å². The van der Waals surface area contributed by atoms with Crippen molar-refractivity contribution in [1.29, 1.82) is 0 Å². The summed E-state index contributed by atoms with van der Waals surface area (Å²) in [5.41, 5.74) is 3.26. The molecule has 94 valence electrons. The topological polar surface area (TPSA) is 70.6 Å². The maximum atomic E-state index is 11.2. The quantitative estimate of drug-likeness (QED) is 0.649. The molecule has 1 atom stereocenters. The monoisotopic (exact) mass is 238 g/mol. The summed E-state index contributed by atoms with van der Waals surface area (Å²) in [6.45, 7) is 2.62. The molecule has 1 rings (SSSR count). The first kappa shape index (κ1) is 13.5. The molecule has 2 amide bonds. The second kappa shape index (κ2) is 7.65. The minimum Gasteiger partial charge on any atom is -0.396 e. The van der Waals surface area contributed by atoms with E-state index in [9.17, 15) is 4.79 Å². The highest BCUT2D eigenvalue weighted by molar-refractivity contribution is 5.72. The van der Waals surface area contributed by atoms with E-state index in [1.807, 2.05) is 37.3 Å². The average molecular weight is 238 g/mol. The number of amides is 2. The Bertz CT molecular complexity index is 330. The number of aliphatic hydroxyl groups excluding tert-OH is 1. The summed E-state index contributed by atoms with van der Waals surface area (Å²) in [5.74, 6) is 0.0369. The first-order valence-corrected chi connectivity index (χ1v) is 5.52. The molecule has 0 radical (unpaired) electrons. The highest BCUT2D eigenvalue weighted by Crippen LogP contribution is 1.98. The molecule has 5 heteroatoms. The predicted molar refractivity (Wildman–Crippen MR) is 64.0 cm³/mol. The molecule has 0 saturated heterocycles. The van der Waals surface area contributed by atoms with Crippen molar-refractivity contribution in [3.63, 3.8) is 0 Å². The lowest BCUT2D eigenvalue weighted by Crippen LogP contribution is -2.38. The predicted octanol–water partition coefficient (Wildman–Crippen LogP) is 1.05. The zero-order chi connectivity index (χ0) is 12.5. The van der Waals surface area contributed by atoms with Crippen LogP contribution in [-0.4, -0.2) is 24.3 Å². The fourth-order valence-corrected chi connectivity index (χ4v) is 1.13. The maximum absolute atomic E-state index is 11.2. The highest BCUT2D eigenvalue weighted by atomic mass is 16.7. The Balaban J connectivity index is 2.12. The van der Waals surface area contributed by atoms with E-state index in [0.717, 1.165) is 5.56 Å². The summed E-state index contributed by atoms with van der Waals surface area (Å²) in [7, 11) is 0. The van der Waals surface area contributed by atoms with Crippen LogP contribution in [0.3, 0.4) is 0 Å². The molecule has 17 heavy (non-hydrogen) atoms. The SMILES string of the molecule is CC(CO)CNC(=O)NOCc1ccccc1. The van der Waals surface area contributed by atoms with Crippen molar-refractivity contribution in [1.82, 2.24) is 10.8 Å². The van der Waals surface area contributed by atoms with Crippen LogP contribution in [0.4, 0.5) is 4.79 Å². The number of carbonyl (C=O) groups excluding carboxylic acids is 1. The number of benzene rings is 1. The van der Waals surface area contributed by atoms with Gasteiger partial charge in [0.2, 0.25) is 0 Å². The second-order valence-corrected chi connectivity index (χ2v) is 3.87. The Labute approximate surface area is 101 Å². The third-order valence-electron chi connectivity index (χ3n) is 2.17. The number of rotatable bonds is 6. The van der Waals surface area contributed by atoms with Crippen LogP contribution in [0.5, 0.6) is 0 Å². The Morgan fingerprint density at radius 2 is 2.12 bits per heavy atom. The van der Waals surface area contributed by atoms with Crippen LogP contribution in [0, 0.1) is 5.92 Å². The van der Waals surface area contributed by atoms with Gasteiger partial charge in [-0.25, -0.2) is 10.3 Å². The van der Waals surface area contributed by atoms with Crippen molar-refractivity contribution in [2.45, 2.75) is 13.5 Å². The normalized spacial score (nSPS) is 11.9. The van der Waals surface area contributed by atoms with Gasteiger partial charge in [-0.05, 0) is 11.5 Å². The molecule has 1 aromatic rings. The molecule has 0 aliphatic rings. The van der Waals surface area contributed by atoms with Gasteiger partial charge in [0.25, 0.3) is 0 Å². The molecular formula is C12H18N2O3. The van der Waals surface area contributed by atoms with Gasteiger partial charge in [0.1, 0.15) is 0 Å². The number of carbonyl (C=O) groups is 1. The lowest BCUT2D eigenvalue weighted by Gasteiger charge is -2.10. The van der Waals surface area contributed by atoms with Crippen molar-refractivity contribution >= 4 is 6.03 Å². The van der Waals surface area contributed by atoms with E-state index in [1.54, 1.807) is 0 Å². The molecule has 0 spiro atoms. The largest absolute Gasteiger partial charge is 0.396 e. The van der Waals surface area contributed by atoms with Crippen LogP contribution in [0.15, 0.2) is 30.3 Å². The van der Waals surface area contributed by atoms with E-state index in [1.165, 1.54) is 0 Å². The van der Waals surface area contributed by atoms with Crippen molar-refractivity contribution in [2.24, 2.45) is 5.92 Å². The van der Waals surface area contributed by atoms with E-state index in [2.05, 4.69) is 10.8 Å². The minimum absolute atomic E-state index is 0.0369. The molecule has 0 aliphatic carbocycles. The van der Waals surface area contributed by atoms with Crippen LogP contribution in [0.2, 0.25) is 0 Å². The molecule has 1 unspecified atom stereocenters. The Kier molecular flexibility index (Phi) is 6.06. The van der Waals surface area contributed by atoms with Gasteiger partial charge in [-0.2, -0.15) is 0 Å². The van der Waals surface area contributed by atoms with Crippen LogP contribution in [0.1, 0.15) is 12.5 Å². The number of hydroxylamine groups is 1. The van der Waals surface area contributed by atoms with Gasteiger partial charge in [-0.1, -0.05) is 37.3 Å². The van der Waals surface area contributed by atoms with E-state index in [4.69, 9.17) is 9.94 Å². The van der Waals surface area contributed by atoms with Gasteiger partial charge < -0.3 is 10.4 Å². The lowest BCUT2D eigenvalue weighted by atomic mass is 10.2. The summed E-state index contributed by atoms with van der Waals surface area (Å²) in [5, 5.41) is 11.4. The molecular weight excluding hydrogens is 220 g/mol. The smallest absolute Gasteiger partial charge is 0.338 e. The van der Waals surface area contributed by atoms with E-state index in [-0.39, 0.29) is 12.5 Å². The second-order valence-electron chi connectivity index (χ2n) is 3.87. The first-order chi connectivity index (χ1) is 8.22.